The summed E-state index contributed by atoms with van der Waals surface area (Å²) in [7, 11) is 0. The third-order valence-corrected chi connectivity index (χ3v) is 5.52. The molecule has 0 radical (unpaired) electrons. The van der Waals surface area contributed by atoms with Crippen LogP contribution in [0.3, 0.4) is 0 Å². The number of hydrogen-bond donors (Lipinski definition) is 1. The molecule has 9 heteroatoms. The lowest BCUT2D eigenvalue weighted by Crippen LogP contribution is -2.30. The van der Waals surface area contributed by atoms with E-state index in [1.54, 1.807) is 6.07 Å². The van der Waals surface area contributed by atoms with Crippen molar-refractivity contribution in [3.8, 4) is 11.5 Å². The zero-order valence-corrected chi connectivity index (χ0v) is 17.9. The summed E-state index contributed by atoms with van der Waals surface area (Å²) in [5, 5.41) is 2.79. The summed E-state index contributed by atoms with van der Waals surface area (Å²) in [6.07, 6.45) is -3.31. The molecule has 0 saturated heterocycles. The van der Waals surface area contributed by atoms with E-state index in [0.29, 0.717) is 0 Å². The van der Waals surface area contributed by atoms with E-state index in [4.69, 9.17) is 4.42 Å². The number of nitrogens with one attached hydrogen (secondary N) is 1. The second-order valence-electron chi connectivity index (χ2n) is 7.01. The monoisotopic (exact) mass is 469 g/mol. The van der Waals surface area contributed by atoms with E-state index in [-0.39, 0.29) is 28.3 Å². The smallest absolute Gasteiger partial charge is 0.433 e. The molecule has 2 heterocycles. The van der Waals surface area contributed by atoms with Crippen LogP contribution in [0.15, 0.2) is 94.7 Å². The molecule has 33 heavy (non-hydrogen) atoms. The molecule has 0 aliphatic rings. The van der Waals surface area contributed by atoms with Gasteiger partial charge in [0.25, 0.3) is 0 Å². The van der Waals surface area contributed by atoms with E-state index >= 15 is 0 Å². The number of benzene rings is 2. The molecular weight excluding hydrogens is 451 g/mol. The third-order valence-electron chi connectivity index (χ3n) is 4.67. The average Bonchev–Trinajstić information content (AvgIpc) is 3.37. The SMILES string of the molecule is O=C(CSc1nc(-c2ccco2)cc(C(F)(F)F)n1)NC(c1ccccc1)c1ccccc1. The quantitative estimate of drug-likeness (QED) is 0.276. The topological polar surface area (TPSA) is 68.0 Å². The highest BCUT2D eigenvalue weighted by Gasteiger charge is 2.34. The molecule has 1 N–H and O–H groups in total. The van der Waals surface area contributed by atoms with E-state index in [1.165, 1.54) is 12.3 Å². The molecule has 0 spiro atoms. The van der Waals surface area contributed by atoms with Gasteiger partial charge in [0.1, 0.15) is 11.4 Å². The molecule has 1 amide bonds. The number of aromatic nitrogens is 2. The van der Waals surface area contributed by atoms with Crippen LogP contribution in [0.25, 0.3) is 11.5 Å². The molecule has 168 valence electrons. The van der Waals surface area contributed by atoms with Crippen LogP contribution in [0.1, 0.15) is 22.9 Å². The van der Waals surface area contributed by atoms with Gasteiger partial charge < -0.3 is 9.73 Å². The fraction of sp³-hybridized carbons (Fsp3) is 0.125. The molecule has 5 nitrogen and oxygen atoms in total. The summed E-state index contributed by atoms with van der Waals surface area (Å²) < 4.78 is 45.2. The van der Waals surface area contributed by atoms with Gasteiger partial charge in [-0.2, -0.15) is 13.2 Å². The van der Waals surface area contributed by atoms with Crippen molar-refractivity contribution >= 4 is 17.7 Å². The standard InChI is InChI=1S/C24H18F3N3O2S/c25-24(26,27)20-14-18(19-12-7-13-32-19)28-23(29-20)33-15-21(31)30-22(16-8-3-1-4-9-16)17-10-5-2-6-11-17/h1-14,22H,15H2,(H,30,31). The van der Waals surface area contributed by atoms with Crippen LogP contribution >= 0.6 is 11.8 Å². The maximum absolute atomic E-state index is 13.3. The molecule has 0 unspecified atom stereocenters. The first kappa shape index (κ1) is 22.6. The summed E-state index contributed by atoms with van der Waals surface area (Å²) in [5.41, 5.74) is 0.671. The number of alkyl halides is 3. The Kier molecular flexibility index (Phi) is 6.79. The first-order valence-electron chi connectivity index (χ1n) is 9.92. The molecule has 0 atom stereocenters. The zero-order valence-electron chi connectivity index (χ0n) is 17.1. The zero-order chi connectivity index (χ0) is 23.3. The minimum Gasteiger partial charge on any atom is -0.463 e. The van der Waals surface area contributed by atoms with Crippen molar-refractivity contribution in [1.29, 1.82) is 0 Å². The third kappa shape index (κ3) is 5.81. The Bertz CT molecular complexity index is 1160. The number of rotatable bonds is 7. The molecule has 2 aromatic heterocycles. The highest BCUT2D eigenvalue weighted by molar-refractivity contribution is 7.99. The van der Waals surface area contributed by atoms with Crippen molar-refractivity contribution in [2.75, 3.05) is 5.75 Å². The Hall–Kier alpha value is -3.59. The predicted molar refractivity (Wildman–Crippen MR) is 118 cm³/mol. The maximum atomic E-state index is 13.3. The van der Waals surface area contributed by atoms with Gasteiger partial charge in [0.05, 0.1) is 18.1 Å². The highest BCUT2D eigenvalue weighted by atomic mass is 32.2. The molecular formula is C24H18F3N3O2S. The van der Waals surface area contributed by atoms with Crippen LogP contribution in [0.4, 0.5) is 13.2 Å². The molecule has 4 rings (SSSR count). The summed E-state index contributed by atoms with van der Waals surface area (Å²) >= 11 is 0.827. The van der Waals surface area contributed by atoms with Gasteiger partial charge in [-0.15, -0.1) is 0 Å². The molecule has 2 aromatic carbocycles. The van der Waals surface area contributed by atoms with Crippen LogP contribution in [-0.2, 0) is 11.0 Å². The fourth-order valence-electron chi connectivity index (χ4n) is 3.17. The van der Waals surface area contributed by atoms with Crippen LogP contribution in [0.2, 0.25) is 0 Å². The average molecular weight is 469 g/mol. The molecule has 0 fully saturated rings. The lowest BCUT2D eigenvalue weighted by atomic mass is 9.99. The highest BCUT2D eigenvalue weighted by Crippen LogP contribution is 2.32. The van der Waals surface area contributed by atoms with Gasteiger partial charge in [-0.25, -0.2) is 9.97 Å². The largest absolute Gasteiger partial charge is 0.463 e. The Morgan fingerprint density at radius 3 is 2.12 bits per heavy atom. The van der Waals surface area contributed by atoms with E-state index in [2.05, 4.69) is 15.3 Å². The van der Waals surface area contributed by atoms with Crippen molar-refractivity contribution < 1.29 is 22.4 Å². The van der Waals surface area contributed by atoms with E-state index < -0.39 is 17.9 Å². The van der Waals surface area contributed by atoms with Gasteiger partial charge in [-0.05, 0) is 29.3 Å². The number of furan rings is 1. The Labute approximate surface area is 192 Å². The second-order valence-corrected chi connectivity index (χ2v) is 7.95. The summed E-state index contributed by atoms with van der Waals surface area (Å²) in [5.74, 6) is -0.338. The summed E-state index contributed by atoms with van der Waals surface area (Å²) in [6, 6.07) is 22.3. The van der Waals surface area contributed by atoms with E-state index in [9.17, 15) is 18.0 Å². The Morgan fingerprint density at radius 1 is 0.939 bits per heavy atom. The lowest BCUT2D eigenvalue weighted by Gasteiger charge is -2.20. The Morgan fingerprint density at radius 2 is 1.58 bits per heavy atom. The number of thioether (sulfide) groups is 1. The van der Waals surface area contributed by atoms with Crippen molar-refractivity contribution in [3.63, 3.8) is 0 Å². The van der Waals surface area contributed by atoms with Crippen LogP contribution < -0.4 is 5.32 Å². The van der Waals surface area contributed by atoms with E-state index in [0.717, 1.165) is 29.0 Å². The fourth-order valence-corrected chi connectivity index (χ4v) is 3.84. The molecule has 0 saturated carbocycles. The number of carbonyl (C=O) groups is 1. The van der Waals surface area contributed by atoms with Gasteiger partial charge in [-0.3, -0.25) is 4.79 Å². The molecule has 0 aliphatic carbocycles. The van der Waals surface area contributed by atoms with Crippen LogP contribution in [0, 0.1) is 0 Å². The van der Waals surface area contributed by atoms with Gasteiger partial charge in [-0.1, -0.05) is 72.4 Å². The van der Waals surface area contributed by atoms with E-state index in [1.807, 2.05) is 60.7 Å². The molecule has 0 bridgehead atoms. The van der Waals surface area contributed by atoms with Gasteiger partial charge >= 0.3 is 6.18 Å². The number of amides is 1. The molecule has 0 aliphatic heterocycles. The summed E-state index contributed by atoms with van der Waals surface area (Å²) in [6.45, 7) is 0. The second kappa shape index (κ2) is 9.91. The van der Waals surface area contributed by atoms with Crippen molar-refractivity contribution in [1.82, 2.24) is 15.3 Å². The number of carbonyl (C=O) groups excluding carboxylic acids is 1. The predicted octanol–water partition coefficient (Wildman–Crippen LogP) is 5.75. The van der Waals surface area contributed by atoms with Crippen molar-refractivity contribution in [2.45, 2.75) is 17.4 Å². The first-order chi connectivity index (χ1) is 15.9. The summed E-state index contributed by atoms with van der Waals surface area (Å²) in [4.78, 5) is 20.5. The normalized spacial score (nSPS) is 11.5. The van der Waals surface area contributed by atoms with Gasteiger partial charge in [0.15, 0.2) is 10.9 Å². The van der Waals surface area contributed by atoms with Gasteiger partial charge in [0, 0.05) is 0 Å². The minimum absolute atomic E-state index is 0.00307. The van der Waals surface area contributed by atoms with Crippen LogP contribution in [0.5, 0.6) is 0 Å². The Balaban J connectivity index is 1.52. The maximum Gasteiger partial charge on any atom is 0.433 e. The lowest BCUT2D eigenvalue weighted by molar-refractivity contribution is -0.141. The van der Waals surface area contributed by atoms with Crippen LogP contribution in [-0.4, -0.2) is 21.6 Å². The van der Waals surface area contributed by atoms with Gasteiger partial charge in [0.2, 0.25) is 5.91 Å². The number of nitrogens with zero attached hydrogens (tertiary/aromatic N) is 2. The van der Waals surface area contributed by atoms with Crippen molar-refractivity contribution in [3.05, 3.63) is 102 Å². The van der Waals surface area contributed by atoms with Crippen molar-refractivity contribution in [2.24, 2.45) is 0 Å². The minimum atomic E-state index is -4.66. The number of hydrogen-bond acceptors (Lipinski definition) is 5. The molecule has 4 aromatic rings. The first-order valence-corrected chi connectivity index (χ1v) is 10.9. The number of halogens is 3.